The van der Waals surface area contributed by atoms with Gasteiger partial charge in [0, 0.05) is 6.04 Å². The molecule has 0 aromatic rings. The second-order valence-electron chi connectivity index (χ2n) is 5.44. The summed E-state index contributed by atoms with van der Waals surface area (Å²) in [6, 6.07) is -0.135. The molecule has 0 aromatic heterocycles. The van der Waals surface area contributed by atoms with Gasteiger partial charge in [-0.05, 0) is 46.6 Å². The molecule has 0 atom stereocenters. The summed E-state index contributed by atoms with van der Waals surface area (Å²) in [4.78, 5) is 11.8. The maximum Gasteiger partial charge on any atom is 0.391 e. The Morgan fingerprint density at radius 3 is 2.00 bits per heavy atom. The maximum absolute atomic E-state index is 12.5. The number of likely N-dealkylation sites (N-methyl/N-ethyl adjacent to an activating group) is 1. The van der Waals surface area contributed by atoms with Gasteiger partial charge in [0.05, 0.1) is 11.5 Å². The van der Waals surface area contributed by atoms with Crippen molar-refractivity contribution >= 4 is 5.91 Å². The Balaban J connectivity index is 2.43. The van der Waals surface area contributed by atoms with E-state index >= 15 is 0 Å². The van der Waals surface area contributed by atoms with Crippen LogP contribution in [0.3, 0.4) is 0 Å². The van der Waals surface area contributed by atoms with Crippen LogP contribution in [-0.2, 0) is 4.79 Å². The quantitative estimate of drug-likeness (QED) is 0.822. The molecule has 1 saturated carbocycles. The minimum Gasteiger partial charge on any atom is -0.352 e. The topological polar surface area (TPSA) is 41.1 Å². The normalized spacial score (nSPS) is 25.9. The van der Waals surface area contributed by atoms with Gasteiger partial charge in [0.15, 0.2) is 0 Å². The second kappa shape index (κ2) is 5.47. The van der Waals surface area contributed by atoms with Crippen molar-refractivity contribution in [1.29, 1.82) is 0 Å². The third-order valence-electron chi connectivity index (χ3n) is 3.72. The molecule has 0 radical (unpaired) electrons. The highest BCUT2D eigenvalue weighted by molar-refractivity contribution is 5.85. The highest BCUT2D eigenvalue weighted by atomic mass is 19.4. The summed E-state index contributed by atoms with van der Waals surface area (Å²) in [5, 5.41) is 5.68. The van der Waals surface area contributed by atoms with E-state index in [0.717, 1.165) is 0 Å². The molecule has 3 nitrogen and oxygen atoms in total. The zero-order chi connectivity index (χ0) is 14.0. The molecule has 1 aliphatic rings. The molecule has 6 heteroatoms. The first kappa shape index (κ1) is 15.3. The molecule has 0 saturated heterocycles. The minimum atomic E-state index is -4.10. The second-order valence-corrected chi connectivity index (χ2v) is 5.44. The largest absolute Gasteiger partial charge is 0.391 e. The first-order chi connectivity index (χ1) is 8.16. The van der Waals surface area contributed by atoms with Crippen molar-refractivity contribution in [3.63, 3.8) is 0 Å². The summed E-state index contributed by atoms with van der Waals surface area (Å²) in [5.41, 5.74) is -0.694. The molecule has 1 aliphatic carbocycles. The van der Waals surface area contributed by atoms with Gasteiger partial charge in [-0.2, -0.15) is 13.2 Å². The Hall–Kier alpha value is -0.780. The molecular formula is C12H21F3N2O. The molecule has 0 bridgehead atoms. The first-order valence-electron chi connectivity index (χ1n) is 6.23. The number of nitrogens with one attached hydrogen (secondary N) is 2. The van der Waals surface area contributed by atoms with Gasteiger partial charge in [-0.1, -0.05) is 0 Å². The van der Waals surface area contributed by atoms with E-state index in [9.17, 15) is 18.0 Å². The molecule has 0 unspecified atom stereocenters. The van der Waals surface area contributed by atoms with Crippen LogP contribution in [0.4, 0.5) is 13.2 Å². The monoisotopic (exact) mass is 266 g/mol. The predicted molar refractivity (Wildman–Crippen MR) is 63.1 cm³/mol. The predicted octanol–water partition coefficient (Wildman–Crippen LogP) is 2.22. The summed E-state index contributed by atoms with van der Waals surface area (Å²) >= 11 is 0. The summed E-state index contributed by atoms with van der Waals surface area (Å²) < 4.78 is 37.4. The molecule has 0 aromatic carbocycles. The number of amides is 1. The lowest BCUT2D eigenvalue weighted by Crippen LogP contribution is -2.54. The fourth-order valence-electron chi connectivity index (χ4n) is 2.04. The van der Waals surface area contributed by atoms with Gasteiger partial charge in [-0.3, -0.25) is 4.79 Å². The number of hydrogen-bond donors (Lipinski definition) is 2. The van der Waals surface area contributed by atoms with Crippen molar-refractivity contribution in [2.45, 2.75) is 57.3 Å². The Kier molecular flexibility index (Phi) is 4.64. The summed E-state index contributed by atoms with van der Waals surface area (Å²) in [5.74, 6) is -1.37. The van der Waals surface area contributed by atoms with Crippen LogP contribution in [0, 0.1) is 5.92 Å². The molecule has 0 spiro atoms. The zero-order valence-corrected chi connectivity index (χ0v) is 11.0. The lowest BCUT2D eigenvalue weighted by molar-refractivity contribution is -0.182. The van der Waals surface area contributed by atoms with Crippen LogP contribution in [0.2, 0.25) is 0 Å². The summed E-state index contributed by atoms with van der Waals surface area (Å²) in [7, 11) is 1.68. The number of carbonyl (C=O) groups excluding carboxylic acids is 1. The van der Waals surface area contributed by atoms with Crippen molar-refractivity contribution in [1.82, 2.24) is 10.6 Å². The Bertz CT molecular complexity index is 294. The van der Waals surface area contributed by atoms with Gasteiger partial charge in [-0.25, -0.2) is 0 Å². The van der Waals surface area contributed by atoms with Crippen LogP contribution in [0.5, 0.6) is 0 Å². The van der Waals surface area contributed by atoms with Crippen LogP contribution in [-0.4, -0.2) is 30.7 Å². The number of carbonyl (C=O) groups is 1. The Morgan fingerprint density at radius 1 is 1.11 bits per heavy atom. The number of halogens is 3. The molecular weight excluding hydrogens is 245 g/mol. The van der Waals surface area contributed by atoms with Gasteiger partial charge in [0.1, 0.15) is 0 Å². The molecule has 0 aliphatic heterocycles. The minimum absolute atomic E-state index is 0.106. The fraction of sp³-hybridized carbons (Fsp3) is 0.917. The van der Waals surface area contributed by atoms with Crippen molar-refractivity contribution < 1.29 is 18.0 Å². The van der Waals surface area contributed by atoms with Gasteiger partial charge in [0.2, 0.25) is 5.91 Å². The van der Waals surface area contributed by atoms with E-state index in [-0.39, 0.29) is 24.8 Å². The van der Waals surface area contributed by atoms with E-state index in [0.29, 0.717) is 12.8 Å². The molecule has 1 amide bonds. The van der Waals surface area contributed by atoms with Crippen molar-refractivity contribution in [3.8, 4) is 0 Å². The van der Waals surface area contributed by atoms with Crippen molar-refractivity contribution in [2.75, 3.05) is 7.05 Å². The molecule has 1 fully saturated rings. The SMILES string of the molecule is CNC(C)(C)C(=O)NC1CCC(C(F)(F)F)CC1. The molecule has 106 valence electrons. The average Bonchev–Trinajstić information content (AvgIpc) is 2.28. The highest BCUT2D eigenvalue weighted by Gasteiger charge is 2.41. The van der Waals surface area contributed by atoms with Gasteiger partial charge in [-0.15, -0.1) is 0 Å². The van der Waals surface area contributed by atoms with Crippen molar-refractivity contribution in [2.24, 2.45) is 5.92 Å². The average molecular weight is 266 g/mol. The third-order valence-corrected chi connectivity index (χ3v) is 3.72. The zero-order valence-electron chi connectivity index (χ0n) is 11.0. The Labute approximate surface area is 106 Å². The fourth-order valence-corrected chi connectivity index (χ4v) is 2.04. The van der Waals surface area contributed by atoms with Crippen LogP contribution in [0.25, 0.3) is 0 Å². The van der Waals surface area contributed by atoms with E-state index < -0.39 is 17.6 Å². The van der Waals surface area contributed by atoms with Crippen LogP contribution in [0.1, 0.15) is 39.5 Å². The van der Waals surface area contributed by atoms with E-state index in [1.54, 1.807) is 20.9 Å². The smallest absolute Gasteiger partial charge is 0.352 e. The third kappa shape index (κ3) is 3.86. The molecule has 2 N–H and O–H groups in total. The van der Waals surface area contributed by atoms with E-state index in [1.807, 2.05) is 0 Å². The summed E-state index contributed by atoms with van der Waals surface area (Å²) in [6.45, 7) is 3.48. The van der Waals surface area contributed by atoms with E-state index in [1.165, 1.54) is 0 Å². The molecule has 1 rings (SSSR count). The van der Waals surface area contributed by atoms with Crippen LogP contribution < -0.4 is 10.6 Å². The number of alkyl halides is 3. The van der Waals surface area contributed by atoms with Crippen molar-refractivity contribution in [3.05, 3.63) is 0 Å². The van der Waals surface area contributed by atoms with Crippen LogP contribution in [0.15, 0.2) is 0 Å². The lowest BCUT2D eigenvalue weighted by Gasteiger charge is -2.32. The van der Waals surface area contributed by atoms with E-state index in [2.05, 4.69) is 10.6 Å². The van der Waals surface area contributed by atoms with Crippen LogP contribution >= 0.6 is 0 Å². The van der Waals surface area contributed by atoms with Gasteiger partial charge in [0.25, 0.3) is 0 Å². The van der Waals surface area contributed by atoms with Gasteiger partial charge < -0.3 is 10.6 Å². The number of hydrogen-bond acceptors (Lipinski definition) is 2. The summed E-state index contributed by atoms with van der Waals surface area (Å²) in [6.07, 6.45) is -3.09. The lowest BCUT2D eigenvalue weighted by atomic mass is 9.85. The standard InChI is InChI=1S/C12H21F3N2O/c1-11(2,16-3)10(18)17-9-6-4-8(5-7-9)12(13,14)15/h8-9,16H,4-7H2,1-3H3,(H,17,18). The maximum atomic E-state index is 12.5. The highest BCUT2D eigenvalue weighted by Crippen LogP contribution is 2.37. The Morgan fingerprint density at radius 2 is 1.61 bits per heavy atom. The number of rotatable bonds is 3. The molecule has 18 heavy (non-hydrogen) atoms. The first-order valence-corrected chi connectivity index (χ1v) is 6.23. The molecule has 0 heterocycles. The van der Waals surface area contributed by atoms with Gasteiger partial charge >= 0.3 is 6.18 Å². The van der Waals surface area contributed by atoms with E-state index in [4.69, 9.17) is 0 Å².